The molecule has 0 aromatic rings. The van der Waals surface area contributed by atoms with Crippen LogP contribution < -0.4 is 5.32 Å². The maximum atomic E-state index is 3.51. The Morgan fingerprint density at radius 3 is 2.62 bits per heavy atom. The third-order valence-corrected chi connectivity index (χ3v) is 3.68. The lowest BCUT2D eigenvalue weighted by atomic mass is 9.87. The second-order valence-corrected chi connectivity index (χ2v) is 4.61. The van der Waals surface area contributed by atoms with Gasteiger partial charge in [0.15, 0.2) is 0 Å². The van der Waals surface area contributed by atoms with E-state index in [1.54, 1.807) is 0 Å². The van der Waals surface area contributed by atoms with Gasteiger partial charge >= 0.3 is 0 Å². The van der Waals surface area contributed by atoms with Crippen LogP contribution in [0, 0.1) is 11.8 Å². The van der Waals surface area contributed by atoms with Gasteiger partial charge in [0.05, 0.1) is 0 Å². The van der Waals surface area contributed by atoms with Gasteiger partial charge < -0.3 is 5.32 Å². The van der Waals surface area contributed by atoms with Gasteiger partial charge in [0, 0.05) is 6.04 Å². The molecule has 1 rings (SSSR count). The molecule has 0 amide bonds. The maximum Gasteiger partial charge on any atom is 0.00948 e. The minimum absolute atomic E-state index is 0.789. The second kappa shape index (κ2) is 5.64. The van der Waals surface area contributed by atoms with Crippen LogP contribution in [0.1, 0.15) is 52.4 Å². The van der Waals surface area contributed by atoms with E-state index in [9.17, 15) is 0 Å². The monoisotopic (exact) mass is 183 g/mol. The van der Waals surface area contributed by atoms with Gasteiger partial charge in [-0.05, 0) is 31.7 Å². The normalized spacial score (nSPS) is 30.7. The molecular formula is C12H25N. The number of rotatable bonds is 5. The highest BCUT2D eigenvalue weighted by Gasteiger charge is 2.29. The van der Waals surface area contributed by atoms with Gasteiger partial charge in [-0.1, -0.05) is 39.5 Å². The van der Waals surface area contributed by atoms with E-state index in [1.807, 2.05) is 0 Å². The van der Waals surface area contributed by atoms with Crippen molar-refractivity contribution in [2.45, 2.75) is 58.4 Å². The number of hydrogen-bond donors (Lipinski definition) is 1. The van der Waals surface area contributed by atoms with Crippen molar-refractivity contribution >= 4 is 0 Å². The van der Waals surface area contributed by atoms with Crippen molar-refractivity contribution in [1.29, 1.82) is 0 Å². The quantitative estimate of drug-likeness (QED) is 0.690. The van der Waals surface area contributed by atoms with E-state index < -0.39 is 0 Å². The van der Waals surface area contributed by atoms with Crippen molar-refractivity contribution in [2.24, 2.45) is 11.8 Å². The van der Waals surface area contributed by atoms with Crippen molar-refractivity contribution in [1.82, 2.24) is 5.32 Å². The minimum atomic E-state index is 0.789. The Morgan fingerprint density at radius 2 is 2.15 bits per heavy atom. The van der Waals surface area contributed by atoms with Crippen molar-refractivity contribution in [3.8, 4) is 0 Å². The van der Waals surface area contributed by atoms with E-state index >= 15 is 0 Å². The summed E-state index contributed by atoms with van der Waals surface area (Å²) in [6.45, 7) is 4.71. The van der Waals surface area contributed by atoms with Crippen molar-refractivity contribution in [2.75, 3.05) is 7.05 Å². The van der Waals surface area contributed by atoms with Crippen molar-refractivity contribution in [3.63, 3.8) is 0 Å². The van der Waals surface area contributed by atoms with Crippen molar-refractivity contribution in [3.05, 3.63) is 0 Å². The summed E-state index contributed by atoms with van der Waals surface area (Å²) in [7, 11) is 2.13. The summed E-state index contributed by atoms with van der Waals surface area (Å²) in [6, 6.07) is 0.789. The Labute approximate surface area is 83.3 Å². The minimum Gasteiger partial charge on any atom is -0.317 e. The Balaban J connectivity index is 2.35. The molecule has 0 spiro atoms. The molecule has 0 bridgehead atoms. The summed E-state index contributed by atoms with van der Waals surface area (Å²) in [4.78, 5) is 0. The highest BCUT2D eigenvalue weighted by molar-refractivity contribution is 4.83. The van der Waals surface area contributed by atoms with Gasteiger partial charge in [0.25, 0.3) is 0 Å². The average molecular weight is 183 g/mol. The lowest BCUT2D eigenvalue weighted by Crippen LogP contribution is -2.34. The standard InChI is InChI=1S/C12H25N/c1-4-5-9-12(13-3)11-8-6-7-10(11)2/h10-13H,4-9H2,1-3H3. The molecule has 0 heterocycles. The number of nitrogens with one attached hydrogen (secondary N) is 1. The highest BCUT2D eigenvalue weighted by Crippen LogP contribution is 2.34. The fourth-order valence-corrected chi connectivity index (χ4v) is 2.77. The zero-order valence-electron chi connectivity index (χ0n) is 9.47. The molecule has 1 aliphatic rings. The summed E-state index contributed by atoms with van der Waals surface area (Å²) in [5.41, 5.74) is 0. The third-order valence-electron chi connectivity index (χ3n) is 3.68. The predicted octanol–water partition coefficient (Wildman–Crippen LogP) is 3.20. The van der Waals surface area contributed by atoms with E-state index in [4.69, 9.17) is 0 Å². The molecule has 0 aliphatic heterocycles. The van der Waals surface area contributed by atoms with Crippen LogP contribution in [0.25, 0.3) is 0 Å². The van der Waals surface area contributed by atoms with E-state index in [0.717, 1.165) is 17.9 Å². The fourth-order valence-electron chi connectivity index (χ4n) is 2.77. The van der Waals surface area contributed by atoms with E-state index in [-0.39, 0.29) is 0 Å². The van der Waals surface area contributed by atoms with Crippen LogP contribution in [0.2, 0.25) is 0 Å². The first-order valence-electron chi connectivity index (χ1n) is 5.96. The van der Waals surface area contributed by atoms with Gasteiger partial charge in [-0.15, -0.1) is 0 Å². The molecule has 1 fully saturated rings. The second-order valence-electron chi connectivity index (χ2n) is 4.61. The molecule has 0 aromatic heterocycles. The van der Waals surface area contributed by atoms with Crippen LogP contribution >= 0.6 is 0 Å². The molecule has 0 aromatic carbocycles. The van der Waals surface area contributed by atoms with Gasteiger partial charge in [-0.2, -0.15) is 0 Å². The van der Waals surface area contributed by atoms with Crippen molar-refractivity contribution < 1.29 is 0 Å². The lowest BCUT2D eigenvalue weighted by Gasteiger charge is -2.26. The first-order valence-corrected chi connectivity index (χ1v) is 5.96. The zero-order valence-corrected chi connectivity index (χ0v) is 9.47. The van der Waals surface area contributed by atoms with Gasteiger partial charge in [-0.3, -0.25) is 0 Å². The Hall–Kier alpha value is -0.0400. The summed E-state index contributed by atoms with van der Waals surface area (Å²) >= 11 is 0. The zero-order chi connectivity index (χ0) is 9.68. The number of hydrogen-bond acceptors (Lipinski definition) is 1. The smallest absolute Gasteiger partial charge is 0.00948 e. The summed E-state index contributed by atoms with van der Waals surface area (Å²) in [5.74, 6) is 1.91. The van der Waals surface area contributed by atoms with Crippen LogP contribution in [-0.2, 0) is 0 Å². The molecule has 78 valence electrons. The van der Waals surface area contributed by atoms with Gasteiger partial charge in [0.2, 0.25) is 0 Å². The topological polar surface area (TPSA) is 12.0 Å². The van der Waals surface area contributed by atoms with Crippen LogP contribution in [0.3, 0.4) is 0 Å². The molecule has 1 aliphatic carbocycles. The molecule has 0 radical (unpaired) electrons. The molecular weight excluding hydrogens is 158 g/mol. The van der Waals surface area contributed by atoms with Gasteiger partial charge in [0.1, 0.15) is 0 Å². The molecule has 1 saturated carbocycles. The van der Waals surface area contributed by atoms with Crippen LogP contribution in [0.4, 0.5) is 0 Å². The third kappa shape index (κ3) is 2.98. The lowest BCUT2D eigenvalue weighted by molar-refractivity contribution is 0.292. The average Bonchev–Trinajstić information content (AvgIpc) is 2.54. The highest BCUT2D eigenvalue weighted by atomic mass is 14.9. The molecule has 3 unspecified atom stereocenters. The van der Waals surface area contributed by atoms with E-state index in [0.29, 0.717) is 0 Å². The molecule has 13 heavy (non-hydrogen) atoms. The Kier molecular flexibility index (Phi) is 4.79. The summed E-state index contributed by atoms with van der Waals surface area (Å²) in [6.07, 6.45) is 8.46. The molecule has 3 atom stereocenters. The molecule has 1 nitrogen and oxygen atoms in total. The molecule has 1 N–H and O–H groups in total. The van der Waals surface area contributed by atoms with Crippen LogP contribution in [0.5, 0.6) is 0 Å². The Morgan fingerprint density at radius 1 is 1.38 bits per heavy atom. The summed E-state index contributed by atoms with van der Waals surface area (Å²) in [5, 5.41) is 3.51. The largest absolute Gasteiger partial charge is 0.317 e. The predicted molar refractivity (Wildman–Crippen MR) is 58.9 cm³/mol. The van der Waals surface area contributed by atoms with Crippen LogP contribution in [0.15, 0.2) is 0 Å². The fraction of sp³-hybridized carbons (Fsp3) is 1.00. The Bertz CT molecular complexity index is 133. The SMILES string of the molecule is CCCCC(NC)C1CCCC1C. The van der Waals surface area contributed by atoms with E-state index in [1.165, 1.54) is 38.5 Å². The summed E-state index contributed by atoms with van der Waals surface area (Å²) < 4.78 is 0. The van der Waals surface area contributed by atoms with Crippen LogP contribution in [-0.4, -0.2) is 13.1 Å². The van der Waals surface area contributed by atoms with E-state index in [2.05, 4.69) is 26.2 Å². The molecule has 0 saturated heterocycles. The first kappa shape index (κ1) is 11.0. The maximum absolute atomic E-state index is 3.51. The first-order chi connectivity index (χ1) is 6.29. The molecule has 1 heteroatoms. The number of unbranched alkanes of at least 4 members (excludes halogenated alkanes) is 1. The van der Waals surface area contributed by atoms with Gasteiger partial charge in [-0.25, -0.2) is 0 Å².